The summed E-state index contributed by atoms with van der Waals surface area (Å²) in [5.41, 5.74) is 1.55. The van der Waals surface area contributed by atoms with E-state index in [1.165, 1.54) is 18.4 Å². The fourth-order valence-electron chi connectivity index (χ4n) is 2.19. The van der Waals surface area contributed by atoms with Crippen LogP contribution in [-0.2, 0) is 12.7 Å². The minimum atomic E-state index is -4.34. The second kappa shape index (κ2) is 7.66. The third-order valence-electron chi connectivity index (χ3n) is 3.54. The molecule has 0 spiro atoms. The lowest BCUT2D eigenvalue weighted by atomic mass is 10.1. The van der Waals surface area contributed by atoms with Gasteiger partial charge in [0.1, 0.15) is 6.26 Å². The number of aromatic nitrogens is 1. The molecule has 0 bridgehead atoms. The van der Waals surface area contributed by atoms with E-state index in [1.54, 1.807) is 24.3 Å². The molecule has 3 nitrogen and oxygen atoms in total. The van der Waals surface area contributed by atoms with E-state index in [9.17, 15) is 13.2 Å². The second-order valence-corrected chi connectivity index (χ2v) is 5.93. The SMILES string of the molecule is FC(F)(F)c1ccc(/C=C/c2nc(CNc3ccc(Cl)cc3)co2)cc1. The van der Waals surface area contributed by atoms with Crippen LogP contribution in [0, 0.1) is 0 Å². The smallest absolute Gasteiger partial charge is 0.416 e. The third-order valence-corrected chi connectivity index (χ3v) is 3.80. The zero-order valence-corrected chi connectivity index (χ0v) is 14.2. The third kappa shape index (κ3) is 4.89. The maximum atomic E-state index is 12.5. The number of benzene rings is 2. The molecule has 3 rings (SSSR count). The van der Waals surface area contributed by atoms with E-state index in [4.69, 9.17) is 16.0 Å². The Labute approximate surface area is 153 Å². The van der Waals surface area contributed by atoms with Gasteiger partial charge in [-0.05, 0) is 48.0 Å². The van der Waals surface area contributed by atoms with E-state index < -0.39 is 11.7 Å². The van der Waals surface area contributed by atoms with Crippen LogP contribution in [-0.4, -0.2) is 4.98 Å². The molecule has 1 aromatic heterocycles. The number of nitrogens with one attached hydrogen (secondary N) is 1. The average molecular weight is 379 g/mol. The van der Waals surface area contributed by atoms with Crippen molar-refractivity contribution in [2.24, 2.45) is 0 Å². The highest BCUT2D eigenvalue weighted by atomic mass is 35.5. The first kappa shape index (κ1) is 18.1. The molecular weight excluding hydrogens is 365 g/mol. The van der Waals surface area contributed by atoms with E-state index in [2.05, 4.69) is 10.3 Å². The predicted octanol–water partition coefficient (Wildman–Crippen LogP) is 6.13. The van der Waals surface area contributed by atoms with Crippen LogP contribution in [0.15, 0.2) is 59.2 Å². The van der Waals surface area contributed by atoms with Crippen LogP contribution in [0.2, 0.25) is 5.02 Å². The highest BCUT2D eigenvalue weighted by molar-refractivity contribution is 6.30. The molecule has 26 heavy (non-hydrogen) atoms. The van der Waals surface area contributed by atoms with Gasteiger partial charge in [-0.15, -0.1) is 0 Å². The first-order valence-corrected chi connectivity index (χ1v) is 8.07. The molecule has 0 aliphatic heterocycles. The maximum Gasteiger partial charge on any atom is 0.416 e. The Morgan fingerprint density at radius 3 is 2.35 bits per heavy atom. The van der Waals surface area contributed by atoms with Crippen molar-refractivity contribution >= 4 is 29.4 Å². The molecule has 0 radical (unpaired) electrons. The van der Waals surface area contributed by atoms with Crippen LogP contribution in [0.5, 0.6) is 0 Å². The number of oxazole rings is 1. The standard InChI is InChI=1S/C19H14ClF3N2O/c20-15-6-8-16(9-7-15)24-11-17-12-26-18(25-17)10-3-13-1-4-14(5-2-13)19(21,22)23/h1-10,12,24H,11H2/b10-3+. The first-order valence-electron chi connectivity index (χ1n) is 7.69. The van der Waals surface area contributed by atoms with Crippen molar-refractivity contribution in [3.05, 3.63) is 82.5 Å². The summed E-state index contributed by atoms with van der Waals surface area (Å²) in [4.78, 5) is 4.29. The lowest BCUT2D eigenvalue weighted by Crippen LogP contribution is -2.03. The van der Waals surface area contributed by atoms with Gasteiger partial charge in [-0.1, -0.05) is 23.7 Å². The summed E-state index contributed by atoms with van der Waals surface area (Å²) in [6.45, 7) is 0.471. The summed E-state index contributed by atoms with van der Waals surface area (Å²) in [5.74, 6) is 0.373. The Bertz CT molecular complexity index is 884. The number of anilines is 1. The van der Waals surface area contributed by atoms with Crippen LogP contribution in [0.1, 0.15) is 22.7 Å². The predicted molar refractivity (Wildman–Crippen MR) is 95.7 cm³/mol. The van der Waals surface area contributed by atoms with Crippen molar-refractivity contribution in [2.45, 2.75) is 12.7 Å². The van der Waals surface area contributed by atoms with Crippen molar-refractivity contribution in [1.82, 2.24) is 4.98 Å². The Hall–Kier alpha value is -2.73. The van der Waals surface area contributed by atoms with Crippen molar-refractivity contribution in [1.29, 1.82) is 0 Å². The largest absolute Gasteiger partial charge is 0.445 e. The number of rotatable bonds is 5. The second-order valence-electron chi connectivity index (χ2n) is 5.49. The van der Waals surface area contributed by atoms with E-state index in [0.717, 1.165) is 17.8 Å². The van der Waals surface area contributed by atoms with E-state index in [1.807, 2.05) is 12.1 Å². The molecule has 3 aromatic rings. The van der Waals surface area contributed by atoms with Gasteiger partial charge in [-0.3, -0.25) is 0 Å². The molecule has 0 atom stereocenters. The van der Waals surface area contributed by atoms with Crippen molar-refractivity contribution in [3.8, 4) is 0 Å². The maximum absolute atomic E-state index is 12.5. The zero-order chi connectivity index (χ0) is 18.6. The summed E-state index contributed by atoms with van der Waals surface area (Å²) in [7, 11) is 0. The van der Waals surface area contributed by atoms with Crippen molar-refractivity contribution in [3.63, 3.8) is 0 Å². The molecule has 134 valence electrons. The molecule has 1 heterocycles. The monoisotopic (exact) mass is 378 g/mol. The molecule has 0 saturated carbocycles. The van der Waals surface area contributed by atoms with Crippen molar-refractivity contribution < 1.29 is 17.6 Å². The Morgan fingerprint density at radius 2 is 1.69 bits per heavy atom. The fraction of sp³-hybridized carbons (Fsp3) is 0.105. The van der Waals surface area contributed by atoms with Crippen LogP contribution < -0.4 is 5.32 Å². The number of alkyl halides is 3. The van der Waals surface area contributed by atoms with Crippen LogP contribution in [0.3, 0.4) is 0 Å². The molecule has 1 N–H and O–H groups in total. The lowest BCUT2D eigenvalue weighted by molar-refractivity contribution is -0.137. The van der Waals surface area contributed by atoms with Gasteiger partial charge in [0.15, 0.2) is 0 Å². The molecule has 2 aromatic carbocycles. The molecule has 0 aliphatic rings. The highest BCUT2D eigenvalue weighted by Crippen LogP contribution is 2.29. The molecule has 0 aliphatic carbocycles. The summed E-state index contributed by atoms with van der Waals surface area (Å²) < 4.78 is 42.9. The zero-order valence-electron chi connectivity index (χ0n) is 13.4. The quantitative estimate of drug-likeness (QED) is 0.580. The van der Waals surface area contributed by atoms with E-state index >= 15 is 0 Å². The van der Waals surface area contributed by atoms with Gasteiger partial charge >= 0.3 is 6.18 Å². The van der Waals surface area contributed by atoms with E-state index in [0.29, 0.717) is 28.7 Å². The molecule has 0 unspecified atom stereocenters. The Balaban J connectivity index is 1.59. The topological polar surface area (TPSA) is 38.1 Å². The summed E-state index contributed by atoms with van der Waals surface area (Å²) >= 11 is 5.83. The molecule has 0 saturated heterocycles. The molecule has 7 heteroatoms. The summed E-state index contributed by atoms with van der Waals surface area (Å²) in [6, 6.07) is 12.1. The lowest BCUT2D eigenvalue weighted by Gasteiger charge is -2.05. The molecule has 0 amide bonds. The van der Waals surface area contributed by atoms with Gasteiger partial charge in [0.25, 0.3) is 0 Å². The highest BCUT2D eigenvalue weighted by Gasteiger charge is 2.29. The van der Waals surface area contributed by atoms with Gasteiger partial charge in [0.2, 0.25) is 5.89 Å². The fourth-order valence-corrected chi connectivity index (χ4v) is 2.32. The summed E-state index contributed by atoms with van der Waals surface area (Å²) in [5, 5.41) is 3.84. The first-order chi connectivity index (χ1) is 12.4. The van der Waals surface area contributed by atoms with E-state index in [-0.39, 0.29) is 0 Å². The Kier molecular flexibility index (Phi) is 5.32. The van der Waals surface area contributed by atoms with Crippen LogP contribution in [0.4, 0.5) is 18.9 Å². The number of hydrogen-bond donors (Lipinski definition) is 1. The minimum Gasteiger partial charge on any atom is -0.445 e. The number of halogens is 4. The normalized spacial score (nSPS) is 11.8. The molecular formula is C19H14ClF3N2O. The van der Waals surface area contributed by atoms with Crippen molar-refractivity contribution in [2.75, 3.05) is 5.32 Å². The van der Waals surface area contributed by atoms with Gasteiger partial charge in [-0.25, -0.2) is 4.98 Å². The van der Waals surface area contributed by atoms with Crippen LogP contribution in [0.25, 0.3) is 12.2 Å². The molecule has 0 fully saturated rings. The minimum absolute atomic E-state index is 0.373. The average Bonchev–Trinajstić information content (AvgIpc) is 3.07. The Morgan fingerprint density at radius 1 is 1.00 bits per heavy atom. The number of nitrogens with zero attached hydrogens (tertiary/aromatic N) is 1. The van der Waals surface area contributed by atoms with Gasteiger partial charge in [0.05, 0.1) is 17.8 Å². The number of hydrogen-bond acceptors (Lipinski definition) is 3. The van der Waals surface area contributed by atoms with Gasteiger partial charge in [-0.2, -0.15) is 13.2 Å². The van der Waals surface area contributed by atoms with Gasteiger partial charge < -0.3 is 9.73 Å². The summed E-state index contributed by atoms with van der Waals surface area (Å²) in [6.07, 6.45) is 0.433. The van der Waals surface area contributed by atoms with Gasteiger partial charge in [0, 0.05) is 16.8 Å². The van der Waals surface area contributed by atoms with Crippen LogP contribution >= 0.6 is 11.6 Å².